The molecule has 1 saturated carbocycles. The van der Waals surface area contributed by atoms with Crippen molar-refractivity contribution in [1.29, 1.82) is 0 Å². The summed E-state index contributed by atoms with van der Waals surface area (Å²) in [5.74, 6) is 0.518. The third-order valence-corrected chi connectivity index (χ3v) is 9.25. The van der Waals surface area contributed by atoms with Crippen molar-refractivity contribution in [3.05, 3.63) is 108 Å². The predicted molar refractivity (Wildman–Crippen MR) is 165 cm³/mol. The normalized spacial score (nSPS) is 15.5. The van der Waals surface area contributed by atoms with Crippen molar-refractivity contribution in [3.63, 3.8) is 0 Å². The van der Waals surface area contributed by atoms with Crippen LogP contribution < -0.4 is 13.8 Å². The zero-order valence-electron chi connectivity index (χ0n) is 23.3. The topological polar surface area (TPSA) is 59.0 Å². The second-order valence-electron chi connectivity index (χ2n) is 11.1. The monoisotopic (exact) mass is 565 g/mol. The number of hydrogen-bond acceptors (Lipinski definition) is 5. The van der Waals surface area contributed by atoms with Gasteiger partial charge in [0, 0.05) is 16.9 Å². The summed E-state index contributed by atoms with van der Waals surface area (Å²) in [5.41, 5.74) is 7.48. The molecule has 1 heterocycles. The molecule has 1 aliphatic carbocycles. The van der Waals surface area contributed by atoms with Crippen molar-refractivity contribution in [1.82, 2.24) is 0 Å². The maximum absolute atomic E-state index is 10.9. The van der Waals surface area contributed by atoms with E-state index in [1.54, 1.807) is 11.9 Å². The van der Waals surface area contributed by atoms with Gasteiger partial charge in [-0.2, -0.15) is 0 Å². The van der Waals surface area contributed by atoms with Crippen LogP contribution in [0.15, 0.2) is 95.9 Å². The van der Waals surface area contributed by atoms with Crippen LogP contribution in [0.5, 0.6) is 11.5 Å². The summed E-state index contributed by atoms with van der Waals surface area (Å²) in [6.45, 7) is 3.19. The van der Waals surface area contributed by atoms with Crippen LogP contribution in [0.4, 0.5) is 5.69 Å². The molecule has 0 unspecified atom stereocenters. The number of aryl methyl sites for hydroxylation is 1. The molecular weight excluding hydrogens is 530 g/mol. The van der Waals surface area contributed by atoms with Gasteiger partial charge in [-0.15, -0.1) is 0 Å². The Morgan fingerprint density at radius 2 is 1.63 bits per heavy atom. The maximum atomic E-state index is 10.9. The number of carbonyl (C=O) groups is 1. The molecule has 4 aromatic rings. The molecule has 0 saturated heterocycles. The molecular formula is C35H35NO4S. The lowest BCUT2D eigenvalue weighted by molar-refractivity contribution is -0.139. The highest BCUT2D eigenvalue weighted by molar-refractivity contribution is 8.00. The third kappa shape index (κ3) is 6.08. The lowest BCUT2D eigenvalue weighted by atomic mass is 9.70. The van der Waals surface area contributed by atoms with Crippen LogP contribution in [0, 0.1) is 6.92 Å². The van der Waals surface area contributed by atoms with Crippen LogP contribution in [0.3, 0.4) is 0 Å². The zero-order chi connectivity index (χ0) is 28.2. The van der Waals surface area contributed by atoms with E-state index < -0.39 is 5.97 Å². The van der Waals surface area contributed by atoms with Gasteiger partial charge in [0.2, 0.25) is 0 Å². The Kier molecular flexibility index (Phi) is 7.93. The highest BCUT2D eigenvalue weighted by Crippen LogP contribution is 2.53. The molecule has 1 N–H and O–H groups in total. The molecule has 1 aliphatic heterocycles. The van der Waals surface area contributed by atoms with E-state index in [4.69, 9.17) is 14.6 Å². The smallest absolute Gasteiger partial charge is 0.341 e. The van der Waals surface area contributed by atoms with E-state index in [-0.39, 0.29) is 12.0 Å². The number of fused-ring (bicyclic) bond motifs is 2. The van der Waals surface area contributed by atoms with Crippen molar-refractivity contribution in [3.8, 4) is 22.6 Å². The van der Waals surface area contributed by atoms with E-state index in [0.717, 1.165) is 28.3 Å². The van der Waals surface area contributed by atoms with Gasteiger partial charge in [-0.05, 0) is 102 Å². The van der Waals surface area contributed by atoms with Gasteiger partial charge in [0.1, 0.15) is 18.1 Å². The molecule has 4 aromatic carbocycles. The van der Waals surface area contributed by atoms with Crippen molar-refractivity contribution < 1.29 is 19.4 Å². The first-order valence-corrected chi connectivity index (χ1v) is 15.1. The van der Waals surface area contributed by atoms with Crippen molar-refractivity contribution in [2.75, 3.05) is 17.5 Å². The Hall–Kier alpha value is -3.90. The second kappa shape index (κ2) is 11.9. The zero-order valence-corrected chi connectivity index (χ0v) is 24.2. The summed E-state index contributed by atoms with van der Waals surface area (Å²) in [4.78, 5) is 12.0. The van der Waals surface area contributed by atoms with Gasteiger partial charge in [-0.25, -0.2) is 4.79 Å². The fourth-order valence-corrected chi connectivity index (χ4v) is 7.31. The number of ether oxygens (including phenoxy) is 2. The molecule has 6 heteroatoms. The summed E-state index contributed by atoms with van der Waals surface area (Å²) in [5, 5.41) is 8.95. The molecule has 6 rings (SSSR count). The van der Waals surface area contributed by atoms with Crippen LogP contribution >= 0.6 is 11.9 Å². The molecule has 1 fully saturated rings. The van der Waals surface area contributed by atoms with Crippen molar-refractivity contribution in [2.24, 2.45) is 0 Å². The van der Waals surface area contributed by atoms with Crippen LogP contribution in [0.1, 0.15) is 48.8 Å². The predicted octanol–water partition coefficient (Wildman–Crippen LogP) is 8.43. The Morgan fingerprint density at radius 3 is 2.37 bits per heavy atom. The number of rotatable bonds is 9. The van der Waals surface area contributed by atoms with Crippen LogP contribution in [0.25, 0.3) is 11.1 Å². The fourth-order valence-electron chi connectivity index (χ4n) is 6.13. The molecule has 0 atom stereocenters. The molecule has 0 radical (unpaired) electrons. The number of hydrogen-bond donors (Lipinski definition) is 1. The van der Waals surface area contributed by atoms with Gasteiger partial charge < -0.3 is 18.9 Å². The molecule has 210 valence electrons. The van der Waals surface area contributed by atoms with Crippen molar-refractivity contribution in [2.45, 2.75) is 55.9 Å². The van der Waals surface area contributed by atoms with Crippen molar-refractivity contribution >= 4 is 23.6 Å². The molecule has 1 spiro atoms. The summed E-state index contributed by atoms with van der Waals surface area (Å²) in [7, 11) is 0. The summed E-state index contributed by atoms with van der Waals surface area (Å²) >= 11 is 1.76. The molecule has 0 bridgehead atoms. The Balaban J connectivity index is 1.22. The number of carboxylic acids is 1. The second-order valence-corrected chi connectivity index (χ2v) is 12.2. The highest BCUT2D eigenvalue weighted by Gasteiger charge is 2.43. The number of nitrogens with zero attached hydrogens (tertiary/aromatic N) is 1. The van der Waals surface area contributed by atoms with Crippen LogP contribution in [0.2, 0.25) is 0 Å². The summed E-state index contributed by atoms with van der Waals surface area (Å²) in [6, 6.07) is 31.6. The molecule has 41 heavy (non-hydrogen) atoms. The van der Waals surface area contributed by atoms with E-state index in [1.165, 1.54) is 54.5 Å². The SMILES string of the molecule is Cc1cc(SN2CC3(CCCCC3)c3cc(-c4ccc(OCc5ccccc5)cc4)ccc32)ccc1OCC(=O)O. The lowest BCUT2D eigenvalue weighted by Gasteiger charge is -2.34. The third-order valence-electron chi connectivity index (χ3n) is 8.24. The summed E-state index contributed by atoms with van der Waals surface area (Å²) < 4.78 is 13.9. The maximum Gasteiger partial charge on any atom is 0.341 e. The van der Waals surface area contributed by atoms with E-state index in [0.29, 0.717) is 12.4 Å². The van der Waals surface area contributed by atoms with Gasteiger partial charge in [0.05, 0.1) is 5.69 Å². The van der Waals surface area contributed by atoms with Crippen LogP contribution in [-0.4, -0.2) is 24.2 Å². The van der Waals surface area contributed by atoms with Gasteiger partial charge in [0.15, 0.2) is 6.61 Å². The first-order chi connectivity index (χ1) is 20.0. The van der Waals surface area contributed by atoms with E-state index in [1.807, 2.05) is 37.3 Å². The minimum Gasteiger partial charge on any atom is -0.489 e. The largest absolute Gasteiger partial charge is 0.489 e. The number of carboxylic acid groups (broad SMARTS) is 1. The van der Waals surface area contributed by atoms with E-state index >= 15 is 0 Å². The minimum absolute atomic E-state index is 0.176. The van der Waals surface area contributed by atoms with E-state index in [9.17, 15) is 4.79 Å². The standard InChI is InChI=1S/C35H35NO4S/c1-25-20-30(15-17-33(25)40-23-34(37)38)41-36-24-35(18-6-3-7-19-35)31-21-28(12-16-32(31)36)27-10-13-29(14-11-27)39-22-26-8-4-2-5-9-26/h2,4-5,8-17,20-21H,3,6-7,18-19,22-24H2,1H3,(H,37,38). The molecule has 0 aromatic heterocycles. The number of aliphatic carboxylic acids is 1. The summed E-state index contributed by atoms with van der Waals surface area (Å²) in [6.07, 6.45) is 6.28. The molecule has 5 nitrogen and oxygen atoms in total. The fraction of sp³-hybridized carbons (Fsp3) is 0.286. The van der Waals surface area contributed by atoms with Gasteiger partial charge >= 0.3 is 5.97 Å². The highest BCUT2D eigenvalue weighted by atomic mass is 32.2. The quantitative estimate of drug-likeness (QED) is 0.206. The average Bonchev–Trinajstić information content (AvgIpc) is 3.28. The number of benzene rings is 4. The van der Waals surface area contributed by atoms with E-state index in [2.05, 4.69) is 65.0 Å². The first kappa shape index (κ1) is 27.3. The first-order valence-electron chi connectivity index (χ1n) is 14.3. The number of anilines is 1. The van der Waals surface area contributed by atoms with Gasteiger partial charge in [-0.1, -0.05) is 67.8 Å². The Morgan fingerprint density at radius 1 is 0.878 bits per heavy atom. The molecule has 0 amide bonds. The molecule has 2 aliphatic rings. The van der Waals surface area contributed by atoms with Crippen LogP contribution in [-0.2, 0) is 16.8 Å². The lowest BCUT2D eigenvalue weighted by Crippen LogP contribution is -2.33. The Labute approximate surface area is 246 Å². The Bertz CT molecular complexity index is 1510. The minimum atomic E-state index is -0.971. The van der Waals surface area contributed by atoms with Gasteiger partial charge in [0.25, 0.3) is 0 Å². The average molecular weight is 566 g/mol. The van der Waals surface area contributed by atoms with Gasteiger partial charge in [-0.3, -0.25) is 0 Å².